The molecule has 0 radical (unpaired) electrons. The first kappa shape index (κ1) is 17.1. The zero-order valence-corrected chi connectivity index (χ0v) is 14.6. The standard InChI is InChI=1S/C18H27N5/c1-15-8-5-6-10-17(15)14-22(3)18(19-2)20-11-7-9-16-12-21-23(4)13-16/h5-6,8,10,12-13H,7,9,11,14H2,1-4H3,(H,19,20). The van der Waals surface area contributed by atoms with Crippen LogP contribution in [-0.4, -0.2) is 41.3 Å². The quantitative estimate of drug-likeness (QED) is 0.506. The molecule has 0 bridgehead atoms. The fourth-order valence-electron chi connectivity index (χ4n) is 2.60. The summed E-state index contributed by atoms with van der Waals surface area (Å²) >= 11 is 0. The number of aromatic nitrogens is 2. The highest BCUT2D eigenvalue weighted by molar-refractivity contribution is 5.79. The van der Waals surface area contributed by atoms with E-state index >= 15 is 0 Å². The summed E-state index contributed by atoms with van der Waals surface area (Å²) in [5.74, 6) is 0.930. The highest BCUT2D eigenvalue weighted by Crippen LogP contribution is 2.09. The number of hydrogen-bond acceptors (Lipinski definition) is 2. The third kappa shape index (κ3) is 5.13. The van der Waals surface area contributed by atoms with Crippen molar-refractivity contribution in [1.82, 2.24) is 20.0 Å². The molecule has 5 nitrogen and oxygen atoms in total. The minimum Gasteiger partial charge on any atom is -0.356 e. The van der Waals surface area contributed by atoms with Crippen LogP contribution in [0.4, 0.5) is 0 Å². The molecule has 23 heavy (non-hydrogen) atoms. The molecule has 0 atom stereocenters. The normalized spacial score (nSPS) is 11.6. The van der Waals surface area contributed by atoms with Crippen LogP contribution in [0, 0.1) is 6.92 Å². The third-order valence-electron chi connectivity index (χ3n) is 3.93. The maximum atomic E-state index is 4.38. The van der Waals surface area contributed by atoms with Crippen LogP contribution in [0.5, 0.6) is 0 Å². The van der Waals surface area contributed by atoms with Crippen molar-refractivity contribution in [2.45, 2.75) is 26.3 Å². The van der Waals surface area contributed by atoms with Crippen LogP contribution in [0.3, 0.4) is 0 Å². The van der Waals surface area contributed by atoms with Gasteiger partial charge in [-0.2, -0.15) is 5.10 Å². The Morgan fingerprint density at radius 1 is 1.35 bits per heavy atom. The molecular weight excluding hydrogens is 286 g/mol. The Bertz CT molecular complexity index is 644. The van der Waals surface area contributed by atoms with Crippen molar-refractivity contribution < 1.29 is 0 Å². The minimum atomic E-state index is 0.856. The van der Waals surface area contributed by atoms with Crippen LogP contribution < -0.4 is 5.32 Å². The molecule has 124 valence electrons. The second kappa shape index (κ2) is 8.36. The molecule has 0 saturated heterocycles. The van der Waals surface area contributed by atoms with Gasteiger partial charge in [-0.25, -0.2) is 0 Å². The summed E-state index contributed by atoms with van der Waals surface area (Å²) < 4.78 is 1.84. The van der Waals surface area contributed by atoms with Gasteiger partial charge >= 0.3 is 0 Å². The summed E-state index contributed by atoms with van der Waals surface area (Å²) in [6, 6.07) is 8.47. The Labute approximate surface area is 139 Å². The first-order chi connectivity index (χ1) is 11.1. The Balaban J connectivity index is 1.79. The molecule has 0 unspecified atom stereocenters. The van der Waals surface area contributed by atoms with E-state index in [1.807, 2.05) is 25.0 Å². The van der Waals surface area contributed by atoms with Crippen LogP contribution >= 0.6 is 0 Å². The van der Waals surface area contributed by atoms with Crippen molar-refractivity contribution in [3.8, 4) is 0 Å². The number of guanidine groups is 1. The number of hydrogen-bond donors (Lipinski definition) is 1. The van der Waals surface area contributed by atoms with Crippen LogP contribution in [0.25, 0.3) is 0 Å². The van der Waals surface area contributed by atoms with Crippen LogP contribution in [-0.2, 0) is 20.0 Å². The lowest BCUT2D eigenvalue weighted by molar-refractivity contribution is 0.474. The van der Waals surface area contributed by atoms with Crippen molar-refractivity contribution in [3.63, 3.8) is 0 Å². The van der Waals surface area contributed by atoms with E-state index in [1.165, 1.54) is 16.7 Å². The number of nitrogens with zero attached hydrogens (tertiary/aromatic N) is 4. The Morgan fingerprint density at radius 2 is 2.13 bits per heavy atom. The Hall–Kier alpha value is -2.30. The first-order valence-corrected chi connectivity index (χ1v) is 8.04. The Kier molecular flexibility index (Phi) is 6.20. The van der Waals surface area contributed by atoms with E-state index in [0.717, 1.165) is 31.9 Å². The highest BCUT2D eigenvalue weighted by Gasteiger charge is 2.07. The Morgan fingerprint density at radius 3 is 2.78 bits per heavy atom. The lowest BCUT2D eigenvalue weighted by atomic mass is 10.1. The second-order valence-electron chi connectivity index (χ2n) is 5.88. The van der Waals surface area contributed by atoms with Gasteiger partial charge in [0.1, 0.15) is 0 Å². The fraction of sp³-hybridized carbons (Fsp3) is 0.444. The maximum absolute atomic E-state index is 4.38. The monoisotopic (exact) mass is 313 g/mol. The molecule has 1 aromatic heterocycles. The first-order valence-electron chi connectivity index (χ1n) is 8.04. The number of nitrogens with one attached hydrogen (secondary N) is 1. The molecular formula is C18H27N5. The van der Waals surface area contributed by atoms with E-state index in [2.05, 4.69) is 64.7 Å². The van der Waals surface area contributed by atoms with Crippen LogP contribution in [0.2, 0.25) is 0 Å². The summed E-state index contributed by atoms with van der Waals surface area (Å²) in [7, 11) is 5.85. The van der Waals surface area contributed by atoms with Crippen molar-refractivity contribution >= 4 is 5.96 Å². The van der Waals surface area contributed by atoms with Crippen molar-refractivity contribution in [2.75, 3.05) is 20.6 Å². The van der Waals surface area contributed by atoms with Gasteiger partial charge in [0, 0.05) is 40.4 Å². The third-order valence-corrected chi connectivity index (χ3v) is 3.93. The number of aryl methyl sites for hydroxylation is 3. The summed E-state index contributed by atoms with van der Waals surface area (Å²) in [5.41, 5.74) is 3.91. The zero-order valence-electron chi connectivity index (χ0n) is 14.6. The summed E-state index contributed by atoms with van der Waals surface area (Å²) in [5, 5.41) is 7.63. The molecule has 2 aromatic rings. The van der Waals surface area contributed by atoms with E-state index in [9.17, 15) is 0 Å². The number of benzene rings is 1. The minimum absolute atomic E-state index is 0.856. The SMILES string of the molecule is CN=C(NCCCc1cnn(C)c1)N(C)Cc1ccccc1C. The molecule has 0 aliphatic carbocycles. The molecule has 0 aliphatic rings. The zero-order chi connectivity index (χ0) is 16.7. The van der Waals surface area contributed by atoms with Gasteiger partial charge in [0.15, 0.2) is 5.96 Å². The average molecular weight is 313 g/mol. The molecule has 0 amide bonds. The fourth-order valence-corrected chi connectivity index (χ4v) is 2.60. The van der Waals surface area contributed by atoms with E-state index in [0.29, 0.717) is 0 Å². The molecule has 0 spiro atoms. The van der Waals surface area contributed by atoms with Crippen molar-refractivity contribution in [2.24, 2.45) is 12.0 Å². The van der Waals surface area contributed by atoms with Crippen molar-refractivity contribution in [3.05, 3.63) is 53.3 Å². The van der Waals surface area contributed by atoms with Gasteiger partial charge in [-0.1, -0.05) is 24.3 Å². The molecule has 0 fully saturated rings. The number of aliphatic imine (C=N–C) groups is 1. The predicted molar refractivity (Wildman–Crippen MR) is 95.5 cm³/mol. The topological polar surface area (TPSA) is 45.5 Å². The van der Waals surface area contributed by atoms with Crippen LogP contribution in [0.15, 0.2) is 41.7 Å². The van der Waals surface area contributed by atoms with Crippen LogP contribution in [0.1, 0.15) is 23.1 Å². The molecule has 0 aliphatic heterocycles. The summed E-state index contributed by atoms with van der Waals surface area (Å²) in [6.45, 7) is 3.90. The second-order valence-corrected chi connectivity index (χ2v) is 5.88. The molecule has 1 heterocycles. The van der Waals surface area contributed by atoms with E-state index in [-0.39, 0.29) is 0 Å². The largest absolute Gasteiger partial charge is 0.356 e. The smallest absolute Gasteiger partial charge is 0.193 e. The average Bonchev–Trinajstić information content (AvgIpc) is 2.95. The lowest BCUT2D eigenvalue weighted by Crippen LogP contribution is -2.39. The predicted octanol–water partition coefficient (Wildman–Crippen LogP) is 2.37. The van der Waals surface area contributed by atoms with Gasteiger partial charge in [0.05, 0.1) is 6.20 Å². The maximum Gasteiger partial charge on any atom is 0.193 e. The summed E-state index contributed by atoms with van der Waals surface area (Å²) in [4.78, 5) is 6.54. The number of rotatable bonds is 6. The molecule has 1 aromatic carbocycles. The molecule has 0 saturated carbocycles. The van der Waals surface area contributed by atoms with E-state index in [4.69, 9.17) is 0 Å². The molecule has 5 heteroatoms. The van der Waals surface area contributed by atoms with Gasteiger partial charge in [0.2, 0.25) is 0 Å². The van der Waals surface area contributed by atoms with Crippen molar-refractivity contribution in [1.29, 1.82) is 0 Å². The molecule has 1 N–H and O–H groups in total. The summed E-state index contributed by atoms with van der Waals surface area (Å²) in [6.07, 6.45) is 6.08. The molecule has 2 rings (SSSR count). The van der Waals surface area contributed by atoms with E-state index < -0.39 is 0 Å². The van der Waals surface area contributed by atoms with Gasteiger partial charge in [-0.3, -0.25) is 9.67 Å². The van der Waals surface area contributed by atoms with Gasteiger partial charge in [0.25, 0.3) is 0 Å². The van der Waals surface area contributed by atoms with Gasteiger partial charge < -0.3 is 10.2 Å². The van der Waals surface area contributed by atoms with Gasteiger partial charge in [-0.05, 0) is 36.5 Å². The van der Waals surface area contributed by atoms with E-state index in [1.54, 1.807) is 0 Å². The lowest BCUT2D eigenvalue weighted by Gasteiger charge is -2.23. The van der Waals surface area contributed by atoms with Gasteiger partial charge in [-0.15, -0.1) is 0 Å². The highest BCUT2D eigenvalue weighted by atomic mass is 15.3.